The van der Waals surface area contributed by atoms with Crippen LogP contribution in [0.1, 0.15) is 90.4 Å². The Labute approximate surface area is 241 Å². The summed E-state index contributed by atoms with van der Waals surface area (Å²) in [7, 11) is 3.50. The van der Waals surface area contributed by atoms with Gasteiger partial charge in [-0.25, -0.2) is 0 Å². The topological polar surface area (TPSA) is 93.7 Å². The van der Waals surface area contributed by atoms with Gasteiger partial charge >= 0.3 is 0 Å². The van der Waals surface area contributed by atoms with Crippen molar-refractivity contribution in [1.29, 1.82) is 0 Å². The van der Waals surface area contributed by atoms with Gasteiger partial charge in [0.25, 0.3) is 0 Å². The molecule has 6 aliphatic rings. The quantitative estimate of drug-likeness (QED) is 0.452. The number of rotatable bonds is 9. The van der Waals surface area contributed by atoms with Gasteiger partial charge in [-0.1, -0.05) is 32.1 Å². The van der Waals surface area contributed by atoms with E-state index in [9.17, 15) is 9.59 Å². The molecule has 3 saturated heterocycles. The molecule has 0 aromatic rings. The number of nitrogens with zero attached hydrogens (tertiary/aromatic N) is 1. The van der Waals surface area contributed by atoms with Crippen molar-refractivity contribution in [2.24, 2.45) is 29.6 Å². The lowest BCUT2D eigenvalue weighted by Gasteiger charge is -2.53. The smallest absolute Gasteiger partial charge is 0.246 e. The molecule has 2 amide bonds. The number of amides is 2. The van der Waals surface area contributed by atoms with E-state index in [0.29, 0.717) is 41.8 Å². The van der Waals surface area contributed by atoms with Crippen molar-refractivity contribution in [2.75, 3.05) is 27.4 Å². The van der Waals surface area contributed by atoms with Crippen LogP contribution in [0.15, 0.2) is 0 Å². The molecular formula is C32H54N3O5+. The summed E-state index contributed by atoms with van der Waals surface area (Å²) < 4.78 is 18.0. The lowest BCUT2D eigenvalue weighted by molar-refractivity contribution is -0.713. The first kappa shape index (κ1) is 28.9. The summed E-state index contributed by atoms with van der Waals surface area (Å²) in [5.74, 6) is 2.47. The first-order valence-corrected chi connectivity index (χ1v) is 16.6. The number of carbonyl (C=O) groups is 2. The number of methoxy groups -OCH3 is 2. The fourth-order valence-corrected chi connectivity index (χ4v) is 10.2. The Morgan fingerprint density at radius 1 is 1.00 bits per heavy atom. The van der Waals surface area contributed by atoms with Gasteiger partial charge in [-0.05, 0) is 69.6 Å². The highest BCUT2D eigenvalue weighted by atomic mass is 16.5. The molecule has 0 radical (unpaired) electrons. The summed E-state index contributed by atoms with van der Waals surface area (Å²) in [6.07, 6.45) is 15.1. The minimum absolute atomic E-state index is 0.00482. The summed E-state index contributed by atoms with van der Waals surface area (Å²) in [5, 5.41) is 5.73. The van der Waals surface area contributed by atoms with Crippen LogP contribution in [-0.4, -0.2) is 86.6 Å². The molecule has 3 aliphatic carbocycles. The first-order valence-electron chi connectivity index (χ1n) is 16.6. The second-order valence-corrected chi connectivity index (χ2v) is 14.1. The van der Waals surface area contributed by atoms with Gasteiger partial charge in [0.15, 0.2) is 0 Å². The third-order valence-electron chi connectivity index (χ3n) is 12.0. The number of nitrogens with two attached hydrogens (primary N) is 1. The normalized spacial score (nSPS) is 42.1. The number of hydrogen-bond donors (Lipinski definition) is 2. The van der Waals surface area contributed by atoms with Gasteiger partial charge in [-0.15, -0.1) is 0 Å². The summed E-state index contributed by atoms with van der Waals surface area (Å²) in [6.45, 7) is 3.42. The van der Waals surface area contributed by atoms with E-state index in [1.54, 1.807) is 14.2 Å². The van der Waals surface area contributed by atoms with Crippen LogP contribution in [0.2, 0.25) is 0 Å². The van der Waals surface area contributed by atoms with Crippen LogP contribution in [0.5, 0.6) is 0 Å². The Morgan fingerprint density at radius 2 is 1.82 bits per heavy atom. The minimum Gasteiger partial charge on any atom is -0.379 e. The molecule has 8 heteroatoms. The molecule has 0 bridgehead atoms. The predicted molar refractivity (Wildman–Crippen MR) is 151 cm³/mol. The van der Waals surface area contributed by atoms with E-state index >= 15 is 0 Å². The zero-order valence-corrected chi connectivity index (χ0v) is 25.1. The number of ether oxygens (including phenoxy) is 3. The van der Waals surface area contributed by atoms with Gasteiger partial charge in [0.1, 0.15) is 12.6 Å². The van der Waals surface area contributed by atoms with E-state index in [4.69, 9.17) is 14.2 Å². The van der Waals surface area contributed by atoms with Crippen molar-refractivity contribution in [3.8, 4) is 0 Å². The Balaban J connectivity index is 1.05. The molecule has 10 unspecified atom stereocenters. The molecule has 6 fully saturated rings. The number of carbonyl (C=O) groups excluding carboxylic acids is 2. The Hall–Kier alpha value is -1.22. The second-order valence-electron chi connectivity index (χ2n) is 14.1. The predicted octanol–water partition coefficient (Wildman–Crippen LogP) is 2.64. The molecular weight excluding hydrogens is 506 g/mol. The van der Waals surface area contributed by atoms with Gasteiger partial charge < -0.3 is 29.7 Å². The first-order chi connectivity index (χ1) is 19.5. The van der Waals surface area contributed by atoms with Crippen LogP contribution in [-0.2, 0) is 23.8 Å². The molecule has 0 aromatic carbocycles. The van der Waals surface area contributed by atoms with Crippen molar-refractivity contribution in [3.05, 3.63) is 0 Å². The highest BCUT2D eigenvalue weighted by Gasteiger charge is 2.66. The molecule has 6 rings (SSSR count). The zero-order valence-electron chi connectivity index (χ0n) is 25.1. The molecule has 3 N–H and O–H groups in total. The van der Waals surface area contributed by atoms with Crippen molar-refractivity contribution in [1.82, 2.24) is 10.2 Å². The van der Waals surface area contributed by atoms with Gasteiger partial charge in [-0.3, -0.25) is 9.59 Å². The standard InChI is InChI=1S/C32H53N3O5/c1-19(9-10-20-7-5-4-6-8-20)34-27(36)18-40-21-11-13-25-24(17-21)22-15-16-33-29-23-12-14-26(38-2)31(39-3)28(23)32(37)35(25)30(22)29/h19-26,28-31,33H,4-18H2,1-3H3,(H,34,36)/p+1/t19-,21?,22?,23?,24?,25?,26?,28?,29?,30?,31?/m1/s1. The molecule has 226 valence electrons. The van der Waals surface area contributed by atoms with Crippen molar-refractivity contribution in [3.63, 3.8) is 0 Å². The zero-order chi connectivity index (χ0) is 27.8. The summed E-state index contributed by atoms with van der Waals surface area (Å²) in [4.78, 5) is 29.3. The van der Waals surface area contributed by atoms with Crippen molar-refractivity contribution >= 4 is 11.8 Å². The minimum atomic E-state index is -0.159. The average molecular weight is 561 g/mol. The highest BCUT2D eigenvalue weighted by Crippen LogP contribution is 2.53. The fourth-order valence-electron chi connectivity index (χ4n) is 10.2. The molecule has 0 spiro atoms. The van der Waals surface area contributed by atoms with E-state index < -0.39 is 0 Å². The number of piperidine rings is 2. The summed E-state index contributed by atoms with van der Waals surface area (Å²) in [5.41, 5.74) is 0. The molecule has 11 atom stereocenters. The summed E-state index contributed by atoms with van der Waals surface area (Å²) >= 11 is 0. The SMILES string of the molecule is COC1CCC2C3[NH2+]CCC4C5CC(OCC(=O)N[C@H](C)CCC6CCCCC6)CCC5N(C(=O)C2C1OC)C43. The maximum atomic E-state index is 14.2. The Kier molecular flexibility index (Phi) is 9.07. The fraction of sp³-hybridized carbons (Fsp3) is 0.938. The number of fused-ring (bicyclic) bond motifs is 5. The third-order valence-corrected chi connectivity index (χ3v) is 12.0. The van der Waals surface area contributed by atoms with E-state index in [1.807, 2.05) is 0 Å². The number of quaternary nitrogens is 1. The van der Waals surface area contributed by atoms with Crippen LogP contribution in [0.25, 0.3) is 0 Å². The molecule has 40 heavy (non-hydrogen) atoms. The third kappa shape index (κ3) is 5.47. The van der Waals surface area contributed by atoms with Crippen molar-refractivity contribution < 1.29 is 29.1 Å². The van der Waals surface area contributed by atoms with Crippen molar-refractivity contribution in [2.45, 2.75) is 133 Å². The maximum Gasteiger partial charge on any atom is 0.246 e. The Morgan fingerprint density at radius 3 is 2.60 bits per heavy atom. The van der Waals surface area contributed by atoms with E-state index in [1.165, 1.54) is 44.9 Å². The molecule has 3 aliphatic heterocycles. The lowest BCUT2D eigenvalue weighted by Crippen LogP contribution is -2.99. The van der Waals surface area contributed by atoms with Gasteiger partial charge in [0.05, 0.1) is 36.8 Å². The van der Waals surface area contributed by atoms with Gasteiger partial charge in [-0.2, -0.15) is 0 Å². The average Bonchev–Trinajstić information content (AvgIpc) is 3.32. The van der Waals surface area contributed by atoms with Crippen LogP contribution in [0, 0.1) is 29.6 Å². The van der Waals surface area contributed by atoms with Crippen LogP contribution >= 0.6 is 0 Å². The van der Waals surface area contributed by atoms with E-state index in [0.717, 1.165) is 51.0 Å². The number of nitrogens with one attached hydrogen (secondary N) is 1. The largest absolute Gasteiger partial charge is 0.379 e. The second kappa shape index (κ2) is 12.6. The summed E-state index contributed by atoms with van der Waals surface area (Å²) in [6, 6.07) is 1.30. The van der Waals surface area contributed by atoms with E-state index in [2.05, 4.69) is 22.5 Å². The molecule has 0 aromatic heterocycles. The lowest BCUT2D eigenvalue weighted by atomic mass is 9.64. The maximum absolute atomic E-state index is 14.2. The molecule has 3 heterocycles. The Bertz CT molecular complexity index is 896. The molecule has 3 saturated carbocycles. The highest BCUT2D eigenvalue weighted by molar-refractivity contribution is 5.82. The monoisotopic (exact) mass is 560 g/mol. The number of hydrogen-bond acceptors (Lipinski definition) is 5. The van der Waals surface area contributed by atoms with Gasteiger partial charge in [0, 0.05) is 38.6 Å². The van der Waals surface area contributed by atoms with Crippen LogP contribution < -0.4 is 10.6 Å². The van der Waals surface area contributed by atoms with Crippen LogP contribution in [0.4, 0.5) is 0 Å². The van der Waals surface area contributed by atoms with E-state index in [-0.39, 0.29) is 42.8 Å². The van der Waals surface area contributed by atoms with Crippen LogP contribution in [0.3, 0.4) is 0 Å². The molecule has 8 nitrogen and oxygen atoms in total. The van der Waals surface area contributed by atoms with Gasteiger partial charge in [0.2, 0.25) is 11.8 Å².